The first-order valence-corrected chi connectivity index (χ1v) is 4.76. The van der Waals surface area contributed by atoms with E-state index in [1.807, 2.05) is 0 Å². The van der Waals surface area contributed by atoms with Gasteiger partial charge in [-0.25, -0.2) is 4.98 Å². The molecule has 0 saturated heterocycles. The smallest absolute Gasteiger partial charge is 0.358 e. The third-order valence-corrected chi connectivity index (χ3v) is 2.20. The van der Waals surface area contributed by atoms with Gasteiger partial charge in [-0.05, 0) is 38.0 Å². The van der Waals surface area contributed by atoms with Crippen molar-refractivity contribution in [1.29, 1.82) is 0 Å². The Labute approximate surface area is 92.9 Å². The van der Waals surface area contributed by atoms with Crippen molar-refractivity contribution in [2.24, 2.45) is 0 Å². The molecular weight excluding hydrogens is 264 g/mol. The second-order valence-corrected chi connectivity index (χ2v) is 3.65. The van der Waals surface area contributed by atoms with Crippen molar-refractivity contribution in [3.63, 3.8) is 0 Å². The summed E-state index contributed by atoms with van der Waals surface area (Å²) < 4.78 is 2.34. The number of aromatic nitrogens is 3. The molecule has 6 nitrogen and oxygen atoms in total. The van der Waals surface area contributed by atoms with Gasteiger partial charge in [0.25, 0.3) is 0 Å². The number of hydrogen-bond donors (Lipinski definition) is 0. The van der Waals surface area contributed by atoms with Crippen LogP contribution >= 0.6 is 15.9 Å². The van der Waals surface area contributed by atoms with Crippen LogP contribution in [0.2, 0.25) is 0 Å². The largest absolute Gasteiger partial charge is 0.381 e. The van der Waals surface area contributed by atoms with E-state index in [2.05, 4.69) is 25.9 Å². The minimum absolute atomic E-state index is 0.195. The van der Waals surface area contributed by atoms with Crippen molar-refractivity contribution in [3.8, 4) is 5.82 Å². The molecule has 15 heavy (non-hydrogen) atoms. The zero-order chi connectivity index (χ0) is 10.8. The molecule has 0 N–H and O–H groups in total. The molecule has 76 valence electrons. The predicted molar refractivity (Wildman–Crippen MR) is 55.7 cm³/mol. The van der Waals surface area contributed by atoms with E-state index >= 15 is 0 Å². The van der Waals surface area contributed by atoms with Crippen LogP contribution in [-0.2, 0) is 0 Å². The van der Waals surface area contributed by atoms with Crippen LogP contribution in [0.15, 0.2) is 35.3 Å². The number of imidazole rings is 1. The minimum atomic E-state index is -0.546. The second kappa shape index (κ2) is 3.77. The average molecular weight is 269 g/mol. The van der Waals surface area contributed by atoms with Crippen LogP contribution in [0.25, 0.3) is 5.82 Å². The van der Waals surface area contributed by atoms with Gasteiger partial charge in [-0.15, -0.1) is 0 Å². The minimum Gasteiger partial charge on any atom is -0.358 e. The molecule has 2 aromatic rings. The maximum atomic E-state index is 10.4. The predicted octanol–water partition coefficient (Wildman–Crippen LogP) is 1.94. The first-order chi connectivity index (χ1) is 7.16. The van der Waals surface area contributed by atoms with Gasteiger partial charge < -0.3 is 10.1 Å². The first-order valence-electron chi connectivity index (χ1n) is 3.97. The van der Waals surface area contributed by atoms with Crippen molar-refractivity contribution in [2.75, 3.05) is 0 Å². The van der Waals surface area contributed by atoms with Gasteiger partial charge in [0.1, 0.15) is 12.0 Å². The van der Waals surface area contributed by atoms with Gasteiger partial charge in [-0.1, -0.05) is 0 Å². The van der Waals surface area contributed by atoms with Crippen LogP contribution in [-0.4, -0.2) is 19.5 Å². The number of rotatable bonds is 2. The summed E-state index contributed by atoms with van der Waals surface area (Å²) in [7, 11) is 0. The zero-order valence-corrected chi connectivity index (χ0v) is 8.96. The summed E-state index contributed by atoms with van der Waals surface area (Å²) in [5.41, 5.74) is 0. The molecule has 0 aromatic carbocycles. The van der Waals surface area contributed by atoms with Gasteiger partial charge in [0.15, 0.2) is 0 Å². The molecule has 0 bridgehead atoms. The van der Waals surface area contributed by atoms with Gasteiger partial charge in [0, 0.05) is 10.7 Å². The molecule has 0 spiro atoms. The highest BCUT2D eigenvalue weighted by molar-refractivity contribution is 9.10. The van der Waals surface area contributed by atoms with E-state index in [1.54, 1.807) is 18.3 Å². The fourth-order valence-electron chi connectivity index (χ4n) is 1.05. The van der Waals surface area contributed by atoms with Crippen LogP contribution in [0.4, 0.5) is 5.82 Å². The van der Waals surface area contributed by atoms with Gasteiger partial charge in [0.05, 0.1) is 0 Å². The number of nitrogens with zero attached hydrogens (tertiary/aromatic N) is 4. The van der Waals surface area contributed by atoms with Crippen LogP contribution in [0.1, 0.15) is 0 Å². The summed E-state index contributed by atoms with van der Waals surface area (Å²) in [4.78, 5) is 17.6. The highest BCUT2D eigenvalue weighted by Crippen LogP contribution is 2.13. The lowest BCUT2D eigenvalue weighted by Crippen LogP contribution is -1.93. The van der Waals surface area contributed by atoms with Crippen LogP contribution in [0.3, 0.4) is 0 Å². The van der Waals surface area contributed by atoms with E-state index in [9.17, 15) is 10.1 Å². The molecule has 0 aliphatic heterocycles. The molecule has 0 aliphatic rings. The van der Waals surface area contributed by atoms with E-state index in [0.717, 1.165) is 4.47 Å². The average Bonchev–Trinajstić information content (AvgIpc) is 2.68. The maximum Gasteiger partial charge on any atom is 0.381 e. The van der Waals surface area contributed by atoms with Crippen molar-refractivity contribution >= 4 is 21.7 Å². The van der Waals surface area contributed by atoms with E-state index < -0.39 is 4.92 Å². The molecule has 0 aliphatic carbocycles. The topological polar surface area (TPSA) is 73.8 Å². The number of nitro groups is 1. The monoisotopic (exact) mass is 268 g/mol. The zero-order valence-electron chi connectivity index (χ0n) is 7.37. The van der Waals surface area contributed by atoms with Crippen LogP contribution < -0.4 is 0 Å². The van der Waals surface area contributed by atoms with Gasteiger partial charge >= 0.3 is 5.82 Å². The molecule has 2 aromatic heterocycles. The summed E-state index contributed by atoms with van der Waals surface area (Å²) >= 11 is 3.25. The van der Waals surface area contributed by atoms with E-state index in [-0.39, 0.29) is 5.82 Å². The van der Waals surface area contributed by atoms with Crippen molar-refractivity contribution in [2.45, 2.75) is 0 Å². The van der Waals surface area contributed by atoms with Gasteiger partial charge in [-0.3, -0.25) is 4.57 Å². The third kappa shape index (κ3) is 2.01. The first kappa shape index (κ1) is 9.78. The lowest BCUT2D eigenvalue weighted by atomic mass is 10.4. The Balaban J connectivity index is 2.37. The second-order valence-electron chi connectivity index (χ2n) is 2.73. The maximum absolute atomic E-state index is 10.4. The van der Waals surface area contributed by atoms with Gasteiger partial charge in [-0.2, -0.15) is 0 Å². The number of pyridine rings is 1. The summed E-state index contributed by atoms with van der Waals surface area (Å²) in [6.07, 6.45) is 4.28. The van der Waals surface area contributed by atoms with Gasteiger partial charge in [0.2, 0.25) is 6.33 Å². The fraction of sp³-hybridized carbons (Fsp3) is 0. The van der Waals surface area contributed by atoms with Crippen LogP contribution in [0.5, 0.6) is 0 Å². The molecular formula is C8H5BrN4O2. The molecule has 2 heterocycles. The third-order valence-electron chi connectivity index (χ3n) is 1.73. The lowest BCUT2D eigenvalue weighted by molar-refractivity contribution is -0.389. The molecule has 0 saturated carbocycles. The standard InChI is InChI=1S/C8H5BrN4O2/c9-6-1-2-7(10-3-6)12-4-8(11-5-12)13(14)15/h1-5H. The van der Waals surface area contributed by atoms with Crippen molar-refractivity contribution in [3.05, 3.63) is 45.4 Å². The van der Waals surface area contributed by atoms with E-state index in [4.69, 9.17) is 0 Å². The highest BCUT2D eigenvalue weighted by atomic mass is 79.9. The Morgan fingerprint density at radius 3 is 2.73 bits per heavy atom. The molecule has 0 atom stereocenters. The molecule has 0 unspecified atom stereocenters. The Bertz CT molecular complexity index is 494. The Morgan fingerprint density at radius 2 is 2.20 bits per heavy atom. The van der Waals surface area contributed by atoms with Crippen molar-refractivity contribution in [1.82, 2.24) is 14.5 Å². The highest BCUT2D eigenvalue weighted by Gasteiger charge is 2.10. The quantitative estimate of drug-likeness (QED) is 0.616. The SMILES string of the molecule is O=[N+]([O-])c1cn(-c2ccc(Br)cn2)cn1. The number of hydrogen-bond acceptors (Lipinski definition) is 4. The molecule has 0 radical (unpaired) electrons. The number of halogens is 1. The van der Waals surface area contributed by atoms with Crippen molar-refractivity contribution < 1.29 is 4.92 Å². The Kier molecular flexibility index (Phi) is 2.46. The molecule has 2 rings (SSSR count). The summed E-state index contributed by atoms with van der Waals surface area (Å²) in [5.74, 6) is 0.388. The molecule has 0 amide bonds. The summed E-state index contributed by atoms with van der Waals surface area (Å²) in [6, 6.07) is 3.53. The molecule has 7 heteroatoms. The Hall–Kier alpha value is -1.76. The van der Waals surface area contributed by atoms with Crippen LogP contribution in [0, 0.1) is 10.1 Å². The molecule has 0 fully saturated rings. The lowest BCUT2D eigenvalue weighted by Gasteiger charge is -1.97. The summed E-state index contributed by atoms with van der Waals surface area (Å²) in [5, 5.41) is 10.4. The fourth-order valence-corrected chi connectivity index (χ4v) is 1.29. The summed E-state index contributed by atoms with van der Waals surface area (Å²) in [6.45, 7) is 0. The normalized spacial score (nSPS) is 10.2. The van der Waals surface area contributed by atoms with E-state index in [1.165, 1.54) is 17.1 Å². The Morgan fingerprint density at radius 1 is 1.40 bits per heavy atom. The van der Waals surface area contributed by atoms with E-state index in [0.29, 0.717) is 5.82 Å².